The lowest BCUT2D eigenvalue weighted by molar-refractivity contribution is -0.155. The molecule has 0 aliphatic rings. The molecule has 0 amide bonds. The van der Waals surface area contributed by atoms with Crippen molar-refractivity contribution in [2.24, 2.45) is 11.7 Å². The van der Waals surface area contributed by atoms with Crippen LogP contribution in [0.5, 0.6) is 11.5 Å². The van der Waals surface area contributed by atoms with E-state index in [1.165, 1.54) is 19.2 Å². The Morgan fingerprint density at radius 2 is 1.48 bits per heavy atom. The molecule has 0 aliphatic carbocycles. The van der Waals surface area contributed by atoms with Crippen molar-refractivity contribution < 1.29 is 47.6 Å². The first-order valence-electron chi connectivity index (χ1n) is 13.9. The molecule has 3 atom stereocenters. The van der Waals surface area contributed by atoms with Crippen LogP contribution >= 0.6 is 0 Å². The highest BCUT2D eigenvalue weighted by molar-refractivity contribution is 5.81. The van der Waals surface area contributed by atoms with Crippen LogP contribution in [0.3, 0.4) is 0 Å². The Kier molecular flexibility index (Phi) is 15.7. The first kappa shape index (κ1) is 34.7. The molecule has 0 aromatic heterocycles. The van der Waals surface area contributed by atoms with Gasteiger partial charge in [0.2, 0.25) is 0 Å². The van der Waals surface area contributed by atoms with Crippen molar-refractivity contribution in [3.8, 4) is 11.5 Å². The second kappa shape index (κ2) is 18.1. The Labute approximate surface area is 236 Å². The van der Waals surface area contributed by atoms with Crippen LogP contribution in [0.1, 0.15) is 85.1 Å². The van der Waals surface area contributed by atoms with Crippen LogP contribution in [0.15, 0.2) is 18.2 Å². The predicted molar refractivity (Wildman–Crippen MR) is 147 cm³/mol. The number of methoxy groups -OCH3 is 1. The zero-order valence-electron chi connectivity index (χ0n) is 24.6. The summed E-state index contributed by atoms with van der Waals surface area (Å²) in [6, 6.07) is 4.38. The Morgan fingerprint density at radius 1 is 0.900 bits per heavy atom. The number of rotatable bonds is 17. The first-order valence-corrected chi connectivity index (χ1v) is 13.9. The van der Waals surface area contributed by atoms with Gasteiger partial charge in [-0.2, -0.15) is 0 Å². The number of benzene rings is 1. The maximum atomic E-state index is 12.8. The molecule has 1 rings (SSSR count). The average molecular weight is 568 g/mol. The summed E-state index contributed by atoms with van der Waals surface area (Å²) in [7, 11) is 1.21. The second-order valence-corrected chi connectivity index (χ2v) is 9.94. The summed E-state index contributed by atoms with van der Waals surface area (Å²) >= 11 is 0. The lowest BCUT2D eigenvalue weighted by Gasteiger charge is -2.29. The average Bonchev–Trinajstić information content (AvgIpc) is 2.89. The minimum atomic E-state index is -1.58. The standard InChI is InChI=1S/C29H45NO10/c1-7-10-14-36-27(33)39-23-13-12-22(17-24(23)40-28(34)37-15-11-8-2)19-29(30,26(32)35-6)18-21(5)38-25(31)16-20(4)9-3/h12-13,17,20-21H,7-11,14-16,18-19,30H2,1-6H3/t20?,21?,29-/m1/s1. The van der Waals surface area contributed by atoms with Gasteiger partial charge in [-0.1, -0.05) is 53.0 Å². The van der Waals surface area contributed by atoms with Gasteiger partial charge in [-0.25, -0.2) is 9.59 Å². The summed E-state index contributed by atoms with van der Waals surface area (Å²) in [5, 5.41) is 0. The third-order valence-electron chi connectivity index (χ3n) is 6.14. The van der Waals surface area contributed by atoms with E-state index in [1.54, 1.807) is 13.0 Å². The van der Waals surface area contributed by atoms with Gasteiger partial charge in [-0.05, 0) is 43.4 Å². The van der Waals surface area contributed by atoms with E-state index in [2.05, 4.69) is 0 Å². The van der Waals surface area contributed by atoms with Gasteiger partial charge in [0.05, 0.1) is 20.3 Å². The topological polar surface area (TPSA) is 150 Å². The largest absolute Gasteiger partial charge is 0.513 e. The summed E-state index contributed by atoms with van der Waals surface area (Å²) in [4.78, 5) is 49.4. The molecule has 40 heavy (non-hydrogen) atoms. The van der Waals surface area contributed by atoms with E-state index in [0.717, 1.165) is 19.3 Å². The van der Waals surface area contributed by atoms with E-state index >= 15 is 0 Å². The highest BCUT2D eigenvalue weighted by Crippen LogP contribution is 2.32. The molecular weight excluding hydrogens is 522 g/mol. The molecule has 11 nitrogen and oxygen atoms in total. The van der Waals surface area contributed by atoms with E-state index in [9.17, 15) is 19.2 Å². The number of hydrogen-bond acceptors (Lipinski definition) is 11. The van der Waals surface area contributed by atoms with E-state index in [-0.39, 0.29) is 55.9 Å². The molecule has 0 bridgehead atoms. The third kappa shape index (κ3) is 12.7. The fourth-order valence-corrected chi connectivity index (χ4v) is 3.72. The van der Waals surface area contributed by atoms with E-state index in [4.69, 9.17) is 34.2 Å². The number of nitrogens with two attached hydrogens (primary N) is 1. The quantitative estimate of drug-likeness (QED) is 0.110. The molecule has 0 aliphatic heterocycles. The van der Waals surface area contributed by atoms with Gasteiger partial charge >= 0.3 is 24.2 Å². The number of hydrogen-bond donors (Lipinski definition) is 1. The molecular formula is C29H45NO10. The van der Waals surface area contributed by atoms with Gasteiger partial charge in [-0.3, -0.25) is 9.59 Å². The number of carbonyl (C=O) groups is 4. The normalized spacial score (nSPS) is 13.8. The van der Waals surface area contributed by atoms with Crippen molar-refractivity contribution in [2.45, 2.75) is 97.6 Å². The fourth-order valence-electron chi connectivity index (χ4n) is 3.72. The number of ether oxygens (including phenoxy) is 6. The Hall–Kier alpha value is -3.34. The third-order valence-corrected chi connectivity index (χ3v) is 6.14. The van der Waals surface area contributed by atoms with Crippen LogP contribution in [0.2, 0.25) is 0 Å². The molecule has 1 aromatic carbocycles. The molecule has 0 saturated carbocycles. The summed E-state index contributed by atoms with van der Waals surface area (Å²) < 4.78 is 31.1. The van der Waals surface area contributed by atoms with Gasteiger partial charge < -0.3 is 34.2 Å². The second-order valence-electron chi connectivity index (χ2n) is 9.94. The van der Waals surface area contributed by atoms with Gasteiger partial charge in [0.1, 0.15) is 11.6 Å². The molecule has 226 valence electrons. The molecule has 0 fully saturated rings. The van der Waals surface area contributed by atoms with Gasteiger partial charge in [0.25, 0.3) is 0 Å². The number of carbonyl (C=O) groups excluding carboxylic acids is 4. The molecule has 0 saturated heterocycles. The highest BCUT2D eigenvalue weighted by atomic mass is 16.7. The highest BCUT2D eigenvalue weighted by Gasteiger charge is 2.38. The molecule has 2 unspecified atom stereocenters. The Morgan fingerprint density at radius 3 is 2.00 bits per heavy atom. The zero-order valence-corrected chi connectivity index (χ0v) is 24.6. The van der Waals surface area contributed by atoms with Crippen molar-refractivity contribution in [3.05, 3.63) is 23.8 Å². The smallest absolute Gasteiger partial charge is 0.468 e. The van der Waals surface area contributed by atoms with Gasteiger partial charge in [-0.15, -0.1) is 0 Å². The first-order chi connectivity index (χ1) is 19.0. The van der Waals surface area contributed by atoms with Crippen molar-refractivity contribution in [1.29, 1.82) is 0 Å². The molecule has 1 aromatic rings. The van der Waals surface area contributed by atoms with E-state index in [1.807, 2.05) is 27.7 Å². The molecule has 2 N–H and O–H groups in total. The van der Waals surface area contributed by atoms with Gasteiger partial charge in [0.15, 0.2) is 11.5 Å². The summed E-state index contributed by atoms with van der Waals surface area (Å²) in [6.07, 6.45) is 1.35. The minimum Gasteiger partial charge on any atom is -0.468 e. The van der Waals surface area contributed by atoms with Gasteiger partial charge in [0, 0.05) is 19.3 Å². The monoisotopic (exact) mass is 567 g/mol. The van der Waals surface area contributed by atoms with Crippen molar-refractivity contribution in [3.63, 3.8) is 0 Å². The Balaban J connectivity index is 3.16. The lowest BCUT2D eigenvalue weighted by atomic mass is 9.86. The number of unbranched alkanes of at least 4 members (excludes halogenated alkanes) is 2. The van der Waals surface area contributed by atoms with E-state index in [0.29, 0.717) is 18.4 Å². The van der Waals surface area contributed by atoms with E-state index < -0.39 is 29.9 Å². The Bertz CT molecular complexity index is 966. The maximum Gasteiger partial charge on any atom is 0.513 e. The van der Waals surface area contributed by atoms with Crippen LogP contribution in [0.4, 0.5) is 9.59 Å². The fraction of sp³-hybridized carbons (Fsp3) is 0.655. The minimum absolute atomic E-state index is 0.0246. The van der Waals surface area contributed by atoms with Crippen molar-refractivity contribution >= 4 is 24.2 Å². The zero-order chi connectivity index (χ0) is 30.1. The van der Waals surface area contributed by atoms with Crippen LogP contribution in [-0.4, -0.2) is 56.2 Å². The molecule has 0 heterocycles. The predicted octanol–water partition coefficient (Wildman–Crippen LogP) is 5.49. The van der Waals surface area contributed by atoms with Crippen LogP contribution in [-0.2, 0) is 35.0 Å². The van der Waals surface area contributed by atoms with Crippen molar-refractivity contribution in [2.75, 3.05) is 20.3 Å². The summed E-state index contributed by atoms with van der Waals surface area (Å²) in [5.74, 6) is -1.12. The van der Waals surface area contributed by atoms with Crippen LogP contribution in [0, 0.1) is 5.92 Å². The SMILES string of the molecule is CCCCOC(=O)Oc1ccc(C[C@](N)(CC(C)OC(=O)CC(C)CC)C(=O)OC)cc1OC(=O)OCCCC. The molecule has 0 spiro atoms. The lowest BCUT2D eigenvalue weighted by Crippen LogP contribution is -2.53. The molecule has 11 heteroatoms. The summed E-state index contributed by atoms with van der Waals surface area (Å²) in [6.45, 7) is 9.82. The van der Waals surface area contributed by atoms with Crippen LogP contribution < -0.4 is 15.2 Å². The maximum absolute atomic E-state index is 12.8. The van der Waals surface area contributed by atoms with Crippen LogP contribution in [0.25, 0.3) is 0 Å². The molecule has 0 radical (unpaired) electrons. The van der Waals surface area contributed by atoms with Crippen molar-refractivity contribution in [1.82, 2.24) is 0 Å². The summed E-state index contributed by atoms with van der Waals surface area (Å²) in [5.41, 5.74) is 5.39. The number of esters is 2.